The number of carbonyl (C=O) groups is 20. The number of aromatic nitrogens is 8. The van der Waals surface area contributed by atoms with E-state index in [0.29, 0.717) is 17.1 Å². The van der Waals surface area contributed by atoms with Crippen LogP contribution in [0.15, 0.2) is 70.5 Å². The van der Waals surface area contributed by atoms with Crippen molar-refractivity contribution in [1.82, 2.24) is 114 Å². The number of nitrogens with two attached hydrogens (primary N) is 4. The molecule has 11 atom stereocenters. The quantitative estimate of drug-likeness (QED) is 0.00730. The Labute approximate surface area is 786 Å². The van der Waals surface area contributed by atoms with Crippen LogP contribution in [-0.2, 0) is 99.4 Å². The second kappa shape index (κ2) is 53.9. The lowest BCUT2D eigenvalue weighted by Crippen LogP contribution is -2.60. The second-order valence-corrected chi connectivity index (χ2v) is 30.6. The van der Waals surface area contributed by atoms with Crippen molar-refractivity contribution in [3.8, 4) is 0 Å². The van der Waals surface area contributed by atoms with Gasteiger partial charge in [-0.05, 0) is 99.9 Å². The lowest BCUT2D eigenvalue weighted by atomic mass is 10.0. The maximum atomic E-state index is 14.2. The van der Waals surface area contributed by atoms with Crippen molar-refractivity contribution in [2.24, 2.45) is 11.5 Å². The van der Waals surface area contributed by atoms with Gasteiger partial charge in [-0.15, -0.1) is 0 Å². The van der Waals surface area contributed by atoms with Gasteiger partial charge in [-0.2, -0.15) is 22.6 Å². The van der Waals surface area contributed by atoms with E-state index in [2.05, 4.69) is 122 Å². The van der Waals surface area contributed by atoms with E-state index in [-0.39, 0.29) is 103 Å². The number of unbranched alkanes of at least 4 members (excludes halogenated alkanes) is 1. The van der Waals surface area contributed by atoms with Gasteiger partial charge in [0.05, 0.1) is 75.4 Å². The van der Waals surface area contributed by atoms with Crippen molar-refractivity contribution in [3.05, 3.63) is 104 Å². The first kappa shape index (κ1) is 110. The van der Waals surface area contributed by atoms with Crippen LogP contribution in [0.3, 0.4) is 0 Å². The fourth-order valence-corrected chi connectivity index (χ4v) is 12.8. The summed E-state index contributed by atoms with van der Waals surface area (Å²) in [7, 11) is 0. The number of nitrogens with one attached hydrogen (secondary N) is 20. The number of hydrogen-bond donors (Lipinski definition) is 33. The first-order valence-electron chi connectivity index (χ1n) is 41.5. The van der Waals surface area contributed by atoms with E-state index in [4.69, 9.17) is 33.8 Å². The molecule has 0 aliphatic carbocycles. The molecule has 1 unspecified atom stereocenters. The van der Waals surface area contributed by atoms with Gasteiger partial charge in [0.2, 0.25) is 71.0 Å². The number of anilines is 4. The zero-order valence-electron chi connectivity index (χ0n) is 73.0. The Bertz CT molecular complexity index is 5730. The van der Waals surface area contributed by atoms with Gasteiger partial charge in [-0.25, -0.2) is 29.5 Å². The smallest absolute Gasteiger partial charge is 0.327 e. The first-order chi connectivity index (χ1) is 65.6. The predicted octanol–water partition coefficient (Wildman–Crippen LogP) is -9.07. The minimum atomic E-state index is -2.35. The molecule has 0 fully saturated rings. The van der Waals surface area contributed by atoms with Crippen LogP contribution in [0.25, 0.3) is 22.3 Å². The van der Waals surface area contributed by atoms with Crippen LogP contribution in [0.5, 0.6) is 0 Å². The number of carboxylic acids is 8. The Balaban J connectivity index is 1.09. The molecule has 748 valence electrons. The van der Waals surface area contributed by atoms with Crippen LogP contribution >= 0.6 is 12.6 Å². The third kappa shape index (κ3) is 37.7. The molecule has 4 aromatic heterocycles. The summed E-state index contributed by atoms with van der Waals surface area (Å²) in [4.78, 5) is 318. The number of carboxylic acid groups (broad SMARTS) is 8. The predicted molar refractivity (Wildman–Crippen MR) is 479 cm³/mol. The molecular weight excluding hydrogens is 1870 g/mol. The van der Waals surface area contributed by atoms with Crippen molar-refractivity contribution in [1.29, 1.82) is 10.8 Å². The Morgan fingerprint density at radius 1 is 0.353 bits per heavy atom. The Kier molecular flexibility index (Phi) is 42.7. The van der Waals surface area contributed by atoms with Crippen molar-refractivity contribution < 1.29 is 137 Å². The first-order valence-corrected chi connectivity index (χ1v) is 42.1. The van der Waals surface area contributed by atoms with Gasteiger partial charge in [-0.1, -0.05) is 0 Å². The van der Waals surface area contributed by atoms with E-state index >= 15 is 0 Å². The number of H-pyrrole nitrogens is 2. The number of hydrogen-bond acceptors (Lipinski definition) is 35. The topological polar surface area (TPSA) is 991 Å². The third-order valence-corrected chi connectivity index (χ3v) is 19.8. The summed E-state index contributed by atoms with van der Waals surface area (Å²) < 4.78 is 0. The van der Waals surface area contributed by atoms with Crippen LogP contribution in [0.1, 0.15) is 128 Å². The van der Waals surface area contributed by atoms with Crippen molar-refractivity contribution >= 4 is 189 Å². The molecule has 6 rings (SSSR count). The summed E-state index contributed by atoms with van der Waals surface area (Å²) in [6.07, 6.45) is -9.15. The third-order valence-electron chi connectivity index (χ3n) is 19.4. The minimum absolute atomic E-state index is 0.00131. The number of aromatic amines is 2. The summed E-state index contributed by atoms with van der Waals surface area (Å²) in [5, 5.41) is 131. The summed E-state index contributed by atoms with van der Waals surface area (Å²) in [6, 6.07) is -11.6. The fraction of sp³-hybridized carbons (Fsp3) is 0.410. The van der Waals surface area contributed by atoms with Gasteiger partial charge in [-0.3, -0.25) is 117 Å². The zero-order chi connectivity index (χ0) is 103. The molecule has 0 bridgehead atoms. The average molecular weight is 1970 g/mol. The highest BCUT2D eigenvalue weighted by atomic mass is 32.1. The van der Waals surface area contributed by atoms with Gasteiger partial charge >= 0.3 is 47.8 Å². The monoisotopic (exact) mass is 1970 g/mol. The molecule has 4 heterocycles. The number of carbonyl (C=O) groups excluding carboxylic acids is 12. The number of rotatable bonds is 59. The summed E-state index contributed by atoms with van der Waals surface area (Å²) in [6.45, 7) is -0.900. The van der Waals surface area contributed by atoms with Crippen LogP contribution in [0.4, 0.5) is 23.3 Å². The number of nitrogen functional groups attached to an aromatic ring is 2. The highest BCUT2D eigenvalue weighted by Crippen LogP contribution is 2.18. The van der Waals surface area contributed by atoms with E-state index in [1.807, 2.05) is 16.0 Å². The molecular formula is C78H100N30O30S. The molecule has 0 aliphatic heterocycles. The van der Waals surface area contributed by atoms with Crippen molar-refractivity contribution in [3.63, 3.8) is 0 Å². The van der Waals surface area contributed by atoms with Crippen LogP contribution in [0.2, 0.25) is 0 Å². The number of fused-ring (bicyclic) bond motifs is 2. The minimum Gasteiger partial charge on any atom is -0.481 e. The van der Waals surface area contributed by atoms with Crippen molar-refractivity contribution in [2.45, 2.75) is 176 Å². The molecule has 0 saturated heterocycles. The van der Waals surface area contributed by atoms with Gasteiger partial charge in [0, 0.05) is 54.3 Å². The molecule has 36 N–H and O–H groups in total. The van der Waals surface area contributed by atoms with E-state index in [1.54, 1.807) is 0 Å². The molecule has 6 aromatic rings. The molecule has 12 amide bonds. The molecule has 0 radical (unpaired) electrons. The number of nitrogens with zero attached hydrogens (tertiary/aromatic N) is 6. The summed E-state index contributed by atoms with van der Waals surface area (Å²) in [5.74, 6) is -32.2. The van der Waals surface area contributed by atoms with Crippen LogP contribution < -0.4 is 119 Å². The average Bonchev–Trinajstić information content (AvgIpc) is 0.821. The van der Waals surface area contributed by atoms with E-state index in [1.165, 1.54) is 60.9 Å². The van der Waals surface area contributed by atoms with Crippen LogP contribution in [-0.4, -0.2) is 303 Å². The normalized spacial score (nSPS) is 13.2. The number of amides is 12. The largest absolute Gasteiger partial charge is 0.481 e. The van der Waals surface area contributed by atoms with Crippen molar-refractivity contribution in [2.75, 3.05) is 47.5 Å². The number of guanidine groups is 2. The lowest BCUT2D eigenvalue weighted by Gasteiger charge is -2.26. The highest BCUT2D eigenvalue weighted by molar-refractivity contribution is 7.80. The van der Waals surface area contributed by atoms with Gasteiger partial charge in [0.25, 0.3) is 22.9 Å². The number of thiol groups is 1. The number of aliphatic carboxylic acids is 8. The molecule has 61 heteroatoms. The van der Waals surface area contributed by atoms with Crippen LogP contribution in [0, 0.1) is 10.8 Å². The maximum absolute atomic E-state index is 14.2. The summed E-state index contributed by atoms with van der Waals surface area (Å²) >= 11 is 3.90. The fourth-order valence-electron chi connectivity index (χ4n) is 12.6. The molecule has 0 spiro atoms. The van der Waals surface area contributed by atoms with Gasteiger partial charge < -0.3 is 149 Å². The summed E-state index contributed by atoms with van der Waals surface area (Å²) in [5.41, 5.74) is 21.6. The maximum Gasteiger partial charge on any atom is 0.327 e. The Morgan fingerprint density at radius 2 is 0.647 bits per heavy atom. The SMILES string of the molecule is N=C(N)NCCC[C@H](NC(=O)[C@H](CC(=O)O)NC(=O)CC[C@H](NC(=O)c1ccc(NCc2cnc3nc(N)[nH]c(=O)c3n2)cc1)C(=O)O)C(=O)N[C@@H](CC(=O)O)C(=O)N[C@@H](CC(=O)O)C(=O)NC(CCCCNC(=O)[C@H](CC(=O)O)NC(=O)[C@H](CC(=O)O)NC(=O)[C@H](CCCNC(=N)N)NC(=O)[C@H](CC(=O)O)NC(=O)c1ccc(NCc2cnc3nc(N)[nH]c(=O)c3n2)cc1)C(=O)N[C@H](CS)C(=O)O. The van der Waals surface area contributed by atoms with E-state index in [0.717, 1.165) is 0 Å². The molecule has 2 aromatic carbocycles. The molecule has 60 nitrogen and oxygen atoms in total. The standard InChI is InChI=1S/C78H100N30O30S/c79-75(80)86-19-3-6-39(96-66(128)43(22-51(112)113)94-49(109)17-16-41(73(135)136)98-60(122)32-8-12-34(13-9-32)88-27-36-29-90-58-56(92-36)71(133)107-77(83)105-58)63(125)102-47(26-55(120)121)70(132)103-45(24-53(116)117)68(130)95-38(65(127)104-48(31-139)74(137)138)5-1-2-18-85-62(124)42(21-50(110)111)100-69(131)46(25-54(118)119)101-64(126)40(7-4-20-87-76(81)82)97-67(129)44(23-52(114)115)99-61(123)33-10-14-35(15-11-33)89-28-37-30-91-59-57(93-37)72(134)108-78(84)106-59/h8-15,29-30,38-48,88-89,139H,1-7,16-28,31H2,(H,85,124)(H,94,109)(H,95,130)(H,96,128)(H,97,129)(H,98,122)(H,99,123)(H,100,131)(H,101,126)(H,102,125)(H,103,132)(H,104,127)(H,110,111)(H,112,113)(H,114,115)(H,116,117)(H,118,119)(H,120,121)(H,135,136)(H,137,138)(H4,79,80,86)(H4,81,82,87)(H3,83,90,105,107,133)(H3,84,91,106,108,134)/t38?,39-,40-,41-,42-,43-,44-,45-,46-,47-,48+/m0/s1. The Hall–Kier alpha value is -17.6. The molecule has 0 aliphatic rings. The molecule has 0 saturated carbocycles. The molecule has 139 heavy (non-hydrogen) atoms. The van der Waals surface area contributed by atoms with Gasteiger partial charge in [0.15, 0.2) is 34.2 Å². The van der Waals surface area contributed by atoms with E-state index in [9.17, 15) is 146 Å². The Morgan fingerprint density at radius 3 is 0.978 bits per heavy atom. The lowest BCUT2D eigenvalue weighted by molar-refractivity contribution is -0.144. The number of benzene rings is 2. The zero-order valence-corrected chi connectivity index (χ0v) is 73.9. The highest BCUT2D eigenvalue weighted by Gasteiger charge is 2.39. The second-order valence-electron chi connectivity index (χ2n) is 30.2. The van der Waals surface area contributed by atoms with Gasteiger partial charge in [0.1, 0.15) is 66.5 Å². The van der Waals surface area contributed by atoms with E-state index < -0.39 is 291 Å².